The lowest BCUT2D eigenvalue weighted by atomic mass is 9.95. The summed E-state index contributed by atoms with van der Waals surface area (Å²) >= 11 is 0. The maximum Gasteiger partial charge on any atom is 0.339 e. The Hall–Kier alpha value is -2.08. The van der Waals surface area contributed by atoms with Crippen LogP contribution >= 0.6 is 12.4 Å². The van der Waals surface area contributed by atoms with E-state index in [1.807, 2.05) is 30.3 Å². The maximum atomic E-state index is 11.0. The van der Waals surface area contributed by atoms with Gasteiger partial charge in [0.2, 0.25) is 0 Å². The van der Waals surface area contributed by atoms with E-state index in [2.05, 4.69) is 0 Å². The number of aromatic hydroxyl groups is 1. The molecule has 5 N–H and O–H groups in total. The van der Waals surface area contributed by atoms with Crippen LogP contribution in [0.5, 0.6) is 5.75 Å². The fourth-order valence-electron chi connectivity index (χ4n) is 2.14. The Bertz CT molecular complexity index is 633. The summed E-state index contributed by atoms with van der Waals surface area (Å²) < 4.78 is 0. The lowest BCUT2D eigenvalue weighted by Gasteiger charge is -2.20. The first-order valence-corrected chi connectivity index (χ1v) is 6.53. The van der Waals surface area contributed by atoms with E-state index >= 15 is 0 Å². The van der Waals surface area contributed by atoms with Gasteiger partial charge in [0.1, 0.15) is 11.3 Å². The maximum absolute atomic E-state index is 11.0. The monoisotopic (exact) mass is 323 g/mol. The number of carboxylic acid groups (broad SMARTS) is 1. The molecule has 0 amide bonds. The van der Waals surface area contributed by atoms with Gasteiger partial charge in [-0.15, -0.1) is 12.4 Å². The lowest BCUT2D eigenvalue weighted by molar-refractivity contribution is 0.0693. The molecule has 0 saturated carbocycles. The molecule has 0 heterocycles. The van der Waals surface area contributed by atoms with E-state index in [0.29, 0.717) is 12.0 Å². The molecule has 5 nitrogen and oxygen atoms in total. The molecule has 0 aliphatic rings. The molecule has 2 rings (SSSR count). The minimum Gasteiger partial charge on any atom is -0.507 e. The fourth-order valence-corrected chi connectivity index (χ4v) is 2.14. The van der Waals surface area contributed by atoms with Crippen LogP contribution in [0.4, 0.5) is 0 Å². The molecule has 2 atom stereocenters. The third kappa shape index (κ3) is 4.21. The van der Waals surface area contributed by atoms with Gasteiger partial charge in [-0.05, 0) is 23.3 Å². The summed E-state index contributed by atoms with van der Waals surface area (Å²) in [5, 5.41) is 28.6. The lowest BCUT2D eigenvalue weighted by Crippen LogP contribution is -2.28. The number of aliphatic hydroxyl groups is 1. The van der Waals surface area contributed by atoms with Crippen LogP contribution in [0, 0.1) is 0 Å². The normalized spacial score (nSPS) is 13.0. The number of hydrogen-bond acceptors (Lipinski definition) is 4. The number of phenols is 1. The zero-order valence-corrected chi connectivity index (χ0v) is 12.5. The highest BCUT2D eigenvalue weighted by Crippen LogP contribution is 2.24. The zero-order chi connectivity index (χ0) is 15.4. The van der Waals surface area contributed by atoms with Crippen LogP contribution in [0.25, 0.3) is 0 Å². The van der Waals surface area contributed by atoms with Gasteiger partial charge in [0, 0.05) is 6.42 Å². The third-order valence-corrected chi connectivity index (χ3v) is 3.34. The van der Waals surface area contributed by atoms with Crippen molar-refractivity contribution in [1.82, 2.24) is 0 Å². The van der Waals surface area contributed by atoms with Crippen molar-refractivity contribution in [1.29, 1.82) is 0 Å². The molecule has 0 aliphatic heterocycles. The summed E-state index contributed by atoms with van der Waals surface area (Å²) in [5.41, 5.74) is 7.16. The quantitative estimate of drug-likeness (QED) is 0.674. The van der Waals surface area contributed by atoms with Gasteiger partial charge < -0.3 is 21.1 Å². The molecule has 118 valence electrons. The number of hydrogen-bond donors (Lipinski definition) is 4. The first-order valence-electron chi connectivity index (χ1n) is 6.53. The van der Waals surface area contributed by atoms with Crippen molar-refractivity contribution in [2.24, 2.45) is 5.73 Å². The molecule has 2 aromatic carbocycles. The summed E-state index contributed by atoms with van der Waals surface area (Å²) in [5.74, 6) is -1.56. The van der Waals surface area contributed by atoms with Gasteiger partial charge in [-0.1, -0.05) is 36.4 Å². The molecule has 0 bridgehead atoms. The van der Waals surface area contributed by atoms with Gasteiger partial charge in [0.15, 0.2) is 0 Å². The number of benzene rings is 2. The standard InChI is InChI=1S/C16H17NO4.ClH/c17-15(14(19)8-10-4-2-1-3-5-10)11-6-7-13(18)12(9-11)16(20)21;/h1-7,9,14-15,18-19H,8,17H2,(H,20,21);1H/t14-,15+;/m0./s1. The number of nitrogens with two attached hydrogens (primary N) is 1. The van der Waals surface area contributed by atoms with Gasteiger partial charge in [0.25, 0.3) is 0 Å². The summed E-state index contributed by atoms with van der Waals surface area (Å²) in [6.07, 6.45) is -0.482. The zero-order valence-electron chi connectivity index (χ0n) is 11.7. The Labute approximate surface area is 134 Å². The second-order valence-corrected chi connectivity index (χ2v) is 4.86. The smallest absolute Gasteiger partial charge is 0.339 e. The van der Waals surface area contributed by atoms with Crippen LogP contribution in [-0.4, -0.2) is 27.4 Å². The largest absolute Gasteiger partial charge is 0.507 e. The topological polar surface area (TPSA) is 104 Å². The van der Waals surface area contributed by atoms with E-state index in [9.17, 15) is 15.0 Å². The average Bonchev–Trinajstić information content (AvgIpc) is 2.47. The van der Waals surface area contributed by atoms with Gasteiger partial charge >= 0.3 is 5.97 Å². The van der Waals surface area contributed by atoms with E-state index in [1.54, 1.807) is 0 Å². The summed E-state index contributed by atoms with van der Waals surface area (Å²) in [6.45, 7) is 0. The summed E-state index contributed by atoms with van der Waals surface area (Å²) in [4.78, 5) is 11.0. The average molecular weight is 324 g/mol. The highest BCUT2D eigenvalue weighted by Gasteiger charge is 2.20. The van der Waals surface area contributed by atoms with Crippen LogP contribution in [0.2, 0.25) is 0 Å². The molecular weight excluding hydrogens is 306 g/mol. The van der Waals surface area contributed by atoms with Crippen molar-refractivity contribution in [3.63, 3.8) is 0 Å². The number of carbonyl (C=O) groups is 1. The van der Waals surface area contributed by atoms with E-state index in [4.69, 9.17) is 10.8 Å². The molecular formula is C16H18ClNO4. The second-order valence-electron chi connectivity index (χ2n) is 4.86. The molecule has 0 fully saturated rings. The second kappa shape index (κ2) is 7.79. The van der Waals surface area contributed by atoms with Crippen molar-refractivity contribution in [3.8, 4) is 5.75 Å². The minimum absolute atomic E-state index is 0. The molecule has 0 unspecified atom stereocenters. The Kier molecular flexibility index (Phi) is 6.37. The molecule has 0 aliphatic carbocycles. The van der Waals surface area contributed by atoms with Crippen molar-refractivity contribution in [2.45, 2.75) is 18.6 Å². The van der Waals surface area contributed by atoms with Crippen LogP contribution in [0.3, 0.4) is 0 Å². The molecule has 22 heavy (non-hydrogen) atoms. The molecule has 0 radical (unpaired) electrons. The van der Waals surface area contributed by atoms with Gasteiger partial charge in [-0.25, -0.2) is 4.79 Å². The van der Waals surface area contributed by atoms with Gasteiger partial charge in [0.05, 0.1) is 12.1 Å². The Morgan fingerprint density at radius 2 is 1.77 bits per heavy atom. The van der Waals surface area contributed by atoms with Crippen LogP contribution in [-0.2, 0) is 6.42 Å². The Morgan fingerprint density at radius 1 is 1.14 bits per heavy atom. The van der Waals surface area contributed by atoms with Crippen LogP contribution < -0.4 is 5.73 Å². The molecule has 0 aromatic heterocycles. The predicted octanol–water partition coefficient (Wildman–Crippen LogP) is 2.12. The van der Waals surface area contributed by atoms with E-state index < -0.39 is 18.1 Å². The van der Waals surface area contributed by atoms with Crippen molar-refractivity contribution in [2.75, 3.05) is 0 Å². The highest BCUT2D eigenvalue weighted by atomic mass is 35.5. The molecule has 6 heteroatoms. The van der Waals surface area contributed by atoms with Crippen molar-refractivity contribution in [3.05, 3.63) is 65.2 Å². The van der Waals surface area contributed by atoms with Crippen LogP contribution in [0.1, 0.15) is 27.5 Å². The number of aromatic carboxylic acids is 1. The number of halogens is 1. The van der Waals surface area contributed by atoms with Crippen LogP contribution in [0.15, 0.2) is 48.5 Å². The fraction of sp³-hybridized carbons (Fsp3) is 0.188. The number of aliphatic hydroxyl groups excluding tert-OH is 1. The van der Waals surface area contributed by atoms with Gasteiger partial charge in [-0.3, -0.25) is 0 Å². The highest BCUT2D eigenvalue weighted by molar-refractivity contribution is 5.91. The molecule has 2 aromatic rings. The number of carboxylic acids is 1. The molecule has 0 saturated heterocycles. The molecule has 0 spiro atoms. The SMILES string of the molecule is Cl.N[C@H](c1ccc(O)c(C(=O)O)c1)[C@@H](O)Cc1ccccc1. The summed E-state index contributed by atoms with van der Waals surface area (Å²) in [6, 6.07) is 12.7. The minimum atomic E-state index is -1.24. The number of rotatable bonds is 5. The van der Waals surface area contributed by atoms with E-state index in [0.717, 1.165) is 5.56 Å². The van der Waals surface area contributed by atoms with E-state index in [-0.39, 0.29) is 23.7 Å². The third-order valence-electron chi connectivity index (χ3n) is 3.34. The Balaban J connectivity index is 0.00000242. The van der Waals surface area contributed by atoms with Gasteiger partial charge in [-0.2, -0.15) is 0 Å². The summed E-state index contributed by atoms with van der Waals surface area (Å²) in [7, 11) is 0. The van der Waals surface area contributed by atoms with Crippen molar-refractivity contribution >= 4 is 18.4 Å². The first-order chi connectivity index (χ1) is 9.99. The predicted molar refractivity (Wildman–Crippen MR) is 85.4 cm³/mol. The first kappa shape index (κ1) is 18.0. The Morgan fingerprint density at radius 3 is 2.36 bits per heavy atom. The van der Waals surface area contributed by atoms with E-state index in [1.165, 1.54) is 18.2 Å². The van der Waals surface area contributed by atoms with Crippen molar-refractivity contribution < 1.29 is 20.1 Å².